The van der Waals surface area contributed by atoms with E-state index in [1.807, 2.05) is 0 Å². The minimum atomic E-state index is -3.67. The molecular formula is C17H11ClO4S. The minimum absolute atomic E-state index is 0.100. The Balaban J connectivity index is 2.01. The van der Waals surface area contributed by atoms with Gasteiger partial charge in [-0.25, -0.2) is 8.42 Å². The van der Waals surface area contributed by atoms with Crippen molar-refractivity contribution < 1.29 is 12.8 Å². The normalized spacial score (nSPS) is 12.0. The smallest absolute Gasteiger partial charge is 0.199 e. The lowest BCUT2D eigenvalue weighted by Crippen LogP contribution is -2.05. The van der Waals surface area contributed by atoms with E-state index in [9.17, 15) is 13.2 Å². The van der Waals surface area contributed by atoms with Crippen molar-refractivity contribution in [2.75, 3.05) is 0 Å². The van der Waals surface area contributed by atoms with Crippen molar-refractivity contribution in [1.29, 1.82) is 0 Å². The maximum absolute atomic E-state index is 12.3. The summed E-state index contributed by atoms with van der Waals surface area (Å²) >= 11 is 5.74. The molecule has 3 aromatic rings. The van der Waals surface area contributed by atoms with Crippen molar-refractivity contribution in [2.24, 2.45) is 0 Å². The average molecular weight is 347 g/mol. The van der Waals surface area contributed by atoms with E-state index in [1.54, 1.807) is 24.3 Å². The van der Waals surface area contributed by atoms with Crippen LogP contribution in [0.2, 0.25) is 5.02 Å². The molecule has 0 unspecified atom stereocenters. The van der Waals surface area contributed by atoms with Crippen LogP contribution in [0.25, 0.3) is 17.0 Å². The van der Waals surface area contributed by atoms with Gasteiger partial charge in [0.25, 0.3) is 0 Å². The number of para-hydroxylation sites is 1. The third-order valence-corrected chi connectivity index (χ3v) is 4.95. The molecular weight excluding hydrogens is 336 g/mol. The molecule has 0 aliphatic heterocycles. The molecule has 0 aliphatic carbocycles. The second kappa shape index (κ2) is 6.02. The van der Waals surface area contributed by atoms with E-state index in [2.05, 4.69) is 0 Å². The predicted octanol–water partition coefficient (Wildman–Crippen LogP) is 3.89. The molecule has 0 amide bonds. The van der Waals surface area contributed by atoms with Crippen LogP contribution < -0.4 is 5.43 Å². The minimum Gasteiger partial charge on any atom is -0.463 e. The molecule has 4 nitrogen and oxygen atoms in total. The van der Waals surface area contributed by atoms with Gasteiger partial charge in [0.05, 0.1) is 15.8 Å². The summed E-state index contributed by atoms with van der Waals surface area (Å²) in [6.45, 7) is 0. The Hall–Kier alpha value is -2.37. The molecule has 116 valence electrons. The molecule has 0 aliphatic rings. The summed E-state index contributed by atoms with van der Waals surface area (Å²) in [6, 6.07) is 12.6. The first-order valence-electron chi connectivity index (χ1n) is 6.67. The number of fused-ring (bicyclic) bond motifs is 1. The van der Waals surface area contributed by atoms with Crippen LogP contribution in [0.4, 0.5) is 0 Å². The van der Waals surface area contributed by atoms with Gasteiger partial charge in [0, 0.05) is 10.4 Å². The summed E-state index contributed by atoms with van der Waals surface area (Å²) < 4.78 is 29.8. The Morgan fingerprint density at radius 1 is 1.00 bits per heavy atom. The molecule has 1 heterocycles. The van der Waals surface area contributed by atoms with E-state index in [4.69, 9.17) is 16.0 Å². The lowest BCUT2D eigenvalue weighted by atomic mass is 10.2. The zero-order chi connectivity index (χ0) is 16.4. The summed E-state index contributed by atoms with van der Waals surface area (Å²) in [4.78, 5) is 12.4. The van der Waals surface area contributed by atoms with Crippen LogP contribution in [0.5, 0.6) is 0 Å². The summed E-state index contributed by atoms with van der Waals surface area (Å²) in [5.41, 5.74) is 0.339. The van der Waals surface area contributed by atoms with Crippen molar-refractivity contribution in [3.63, 3.8) is 0 Å². The Bertz CT molecular complexity index is 1050. The fourth-order valence-electron chi connectivity index (χ4n) is 2.07. The largest absolute Gasteiger partial charge is 0.463 e. The van der Waals surface area contributed by atoms with E-state index in [-0.39, 0.29) is 15.9 Å². The van der Waals surface area contributed by atoms with Crippen molar-refractivity contribution in [3.8, 4) is 0 Å². The Labute approximate surface area is 137 Å². The first-order valence-corrected chi connectivity index (χ1v) is 8.59. The van der Waals surface area contributed by atoms with Gasteiger partial charge in [-0.1, -0.05) is 23.7 Å². The van der Waals surface area contributed by atoms with Crippen molar-refractivity contribution in [3.05, 3.63) is 81.0 Å². The van der Waals surface area contributed by atoms with Crippen molar-refractivity contribution in [1.82, 2.24) is 0 Å². The third kappa shape index (κ3) is 3.21. The lowest BCUT2D eigenvalue weighted by molar-refractivity contribution is 0.601. The van der Waals surface area contributed by atoms with Gasteiger partial charge in [0.2, 0.25) is 0 Å². The van der Waals surface area contributed by atoms with E-state index >= 15 is 0 Å². The van der Waals surface area contributed by atoms with E-state index in [1.165, 1.54) is 36.6 Å². The molecule has 3 rings (SSSR count). The molecule has 0 saturated carbocycles. The number of rotatable bonds is 3. The van der Waals surface area contributed by atoms with Gasteiger partial charge in [-0.15, -0.1) is 0 Å². The van der Waals surface area contributed by atoms with E-state index in [0.717, 1.165) is 5.41 Å². The zero-order valence-electron chi connectivity index (χ0n) is 11.8. The molecule has 23 heavy (non-hydrogen) atoms. The van der Waals surface area contributed by atoms with Crippen LogP contribution in [0.15, 0.2) is 74.3 Å². The van der Waals surface area contributed by atoms with E-state index < -0.39 is 9.84 Å². The number of halogens is 1. The zero-order valence-corrected chi connectivity index (χ0v) is 13.3. The molecule has 0 spiro atoms. The summed E-state index contributed by atoms with van der Waals surface area (Å²) in [5.74, 6) is 0. The molecule has 2 aromatic carbocycles. The van der Waals surface area contributed by atoms with E-state index in [0.29, 0.717) is 16.0 Å². The first-order chi connectivity index (χ1) is 11.0. The molecule has 0 saturated heterocycles. The fourth-order valence-corrected chi connectivity index (χ4v) is 3.20. The molecule has 0 N–H and O–H groups in total. The monoisotopic (exact) mass is 346 g/mol. The molecule has 0 fully saturated rings. The van der Waals surface area contributed by atoms with Gasteiger partial charge in [-0.3, -0.25) is 4.79 Å². The van der Waals surface area contributed by atoms with Crippen LogP contribution in [-0.2, 0) is 9.84 Å². The maximum atomic E-state index is 12.3. The van der Waals surface area contributed by atoms with Crippen molar-refractivity contribution >= 4 is 38.5 Å². The molecule has 0 bridgehead atoms. The Kier molecular flexibility index (Phi) is 4.07. The number of benzene rings is 2. The highest BCUT2D eigenvalue weighted by Gasteiger charge is 2.11. The second-order valence-electron chi connectivity index (χ2n) is 4.82. The van der Waals surface area contributed by atoms with Crippen LogP contribution in [0, 0.1) is 0 Å². The fraction of sp³-hybridized carbons (Fsp3) is 0. The van der Waals surface area contributed by atoms with Gasteiger partial charge in [0.1, 0.15) is 11.8 Å². The number of hydrogen-bond donors (Lipinski definition) is 0. The highest BCUT2D eigenvalue weighted by Crippen LogP contribution is 2.17. The van der Waals surface area contributed by atoms with Crippen LogP contribution >= 0.6 is 11.6 Å². The van der Waals surface area contributed by atoms with Gasteiger partial charge in [-0.05, 0) is 42.5 Å². The average Bonchev–Trinajstić information content (AvgIpc) is 2.55. The second-order valence-corrected chi connectivity index (χ2v) is 7.09. The van der Waals surface area contributed by atoms with Crippen molar-refractivity contribution in [2.45, 2.75) is 4.90 Å². The molecule has 1 aromatic heterocycles. The lowest BCUT2D eigenvalue weighted by Gasteiger charge is -2.00. The third-order valence-electron chi connectivity index (χ3n) is 3.28. The quantitative estimate of drug-likeness (QED) is 0.721. The SMILES string of the molecule is O=c1c(/C=C/S(=O)(=O)c2ccc(Cl)cc2)coc2ccccc12. The number of sulfone groups is 1. The van der Waals surface area contributed by atoms with Crippen LogP contribution in [0.1, 0.15) is 5.56 Å². The van der Waals surface area contributed by atoms with Crippen LogP contribution in [-0.4, -0.2) is 8.42 Å². The van der Waals surface area contributed by atoms with Gasteiger partial charge >= 0.3 is 0 Å². The summed E-state index contributed by atoms with van der Waals surface area (Å²) in [7, 11) is -3.67. The Morgan fingerprint density at radius 2 is 1.70 bits per heavy atom. The molecule has 6 heteroatoms. The number of hydrogen-bond acceptors (Lipinski definition) is 4. The van der Waals surface area contributed by atoms with Crippen LogP contribution in [0.3, 0.4) is 0 Å². The Morgan fingerprint density at radius 3 is 2.43 bits per heavy atom. The van der Waals surface area contributed by atoms with Gasteiger partial charge in [-0.2, -0.15) is 0 Å². The topological polar surface area (TPSA) is 64.3 Å². The van der Waals surface area contributed by atoms with Gasteiger partial charge < -0.3 is 4.42 Å². The maximum Gasteiger partial charge on any atom is 0.199 e. The highest BCUT2D eigenvalue weighted by molar-refractivity contribution is 7.94. The highest BCUT2D eigenvalue weighted by atomic mass is 35.5. The standard InChI is InChI=1S/C17H11ClO4S/c18-13-5-7-14(8-6-13)23(20,21)10-9-12-11-22-16-4-2-1-3-15(16)17(12)19/h1-11H/b10-9+. The molecule has 0 radical (unpaired) electrons. The van der Waals surface area contributed by atoms with Gasteiger partial charge in [0.15, 0.2) is 15.3 Å². The summed E-state index contributed by atoms with van der Waals surface area (Å²) in [5, 5.41) is 1.83. The summed E-state index contributed by atoms with van der Waals surface area (Å²) in [6.07, 6.45) is 2.49. The molecule has 0 atom stereocenters. The first kappa shape index (κ1) is 15.5. The predicted molar refractivity (Wildman–Crippen MR) is 90.2 cm³/mol.